The van der Waals surface area contributed by atoms with Crippen molar-refractivity contribution in [2.24, 2.45) is 5.73 Å². The predicted octanol–water partition coefficient (Wildman–Crippen LogP) is 3.84. The van der Waals surface area contributed by atoms with E-state index < -0.39 is 0 Å². The summed E-state index contributed by atoms with van der Waals surface area (Å²) in [4.78, 5) is 1.49. The molecule has 0 fully saturated rings. The van der Waals surface area contributed by atoms with Gasteiger partial charge in [-0.25, -0.2) is 0 Å². The van der Waals surface area contributed by atoms with Gasteiger partial charge in [0, 0.05) is 15.0 Å². The second kappa shape index (κ2) is 4.19. The molecule has 16 heavy (non-hydrogen) atoms. The van der Waals surface area contributed by atoms with Crippen molar-refractivity contribution in [1.29, 1.82) is 0 Å². The summed E-state index contributed by atoms with van der Waals surface area (Å²) in [5.41, 5.74) is 7.33. The average molecular weight is 233 g/mol. The third-order valence-corrected chi connectivity index (χ3v) is 4.87. The lowest BCUT2D eigenvalue weighted by Gasteiger charge is -2.23. The van der Waals surface area contributed by atoms with E-state index in [2.05, 4.69) is 45.0 Å². The Kier molecular flexibility index (Phi) is 3.04. The summed E-state index contributed by atoms with van der Waals surface area (Å²) in [6, 6.07) is 8.64. The van der Waals surface area contributed by atoms with Crippen LogP contribution in [0.2, 0.25) is 0 Å². The van der Waals surface area contributed by atoms with E-state index in [1.54, 1.807) is 0 Å². The quantitative estimate of drug-likeness (QED) is 0.856. The number of thiophene rings is 1. The first kappa shape index (κ1) is 11.6. The van der Waals surface area contributed by atoms with E-state index in [4.69, 9.17) is 5.73 Å². The fourth-order valence-corrected chi connectivity index (χ4v) is 3.63. The van der Waals surface area contributed by atoms with Gasteiger partial charge in [0.05, 0.1) is 0 Å². The lowest BCUT2D eigenvalue weighted by atomic mass is 9.85. The standard InChI is InChI=1S/C14H19NS/c1-10-11-6-4-5-7-12(11)16-13(10)14(2,3)8-9-15/h4-7H,8-9,15H2,1-3H3. The van der Waals surface area contributed by atoms with Gasteiger partial charge in [-0.1, -0.05) is 32.0 Å². The van der Waals surface area contributed by atoms with Gasteiger partial charge in [0.25, 0.3) is 0 Å². The first-order valence-corrected chi connectivity index (χ1v) is 6.56. The zero-order chi connectivity index (χ0) is 11.8. The molecular formula is C14H19NS. The predicted molar refractivity (Wildman–Crippen MR) is 73.3 cm³/mol. The minimum absolute atomic E-state index is 0.197. The minimum Gasteiger partial charge on any atom is -0.330 e. The Morgan fingerprint density at radius 3 is 2.56 bits per heavy atom. The zero-order valence-electron chi connectivity index (χ0n) is 10.2. The number of benzene rings is 1. The molecule has 0 amide bonds. The Bertz CT molecular complexity index is 496. The molecule has 0 aliphatic heterocycles. The number of rotatable bonds is 3. The molecular weight excluding hydrogens is 214 g/mol. The van der Waals surface area contributed by atoms with E-state index >= 15 is 0 Å². The van der Waals surface area contributed by atoms with Crippen molar-refractivity contribution in [3.63, 3.8) is 0 Å². The molecule has 0 saturated carbocycles. The summed E-state index contributed by atoms with van der Waals surface area (Å²) < 4.78 is 1.39. The van der Waals surface area contributed by atoms with Crippen molar-refractivity contribution in [2.45, 2.75) is 32.6 Å². The molecule has 1 nitrogen and oxygen atoms in total. The van der Waals surface area contributed by atoms with Crippen LogP contribution in [0.15, 0.2) is 24.3 Å². The molecule has 0 spiro atoms. The largest absolute Gasteiger partial charge is 0.330 e. The highest BCUT2D eigenvalue weighted by atomic mass is 32.1. The summed E-state index contributed by atoms with van der Waals surface area (Å²) in [5, 5.41) is 1.40. The van der Waals surface area contributed by atoms with Crippen LogP contribution in [-0.4, -0.2) is 6.54 Å². The molecule has 0 unspecified atom stereocenters. The molecule has 2 heteroatoms. The van der Waals surface area contributed by atoms with Crippen molar-refractivity contribution in [2.75, 3.05) is 6.54 Å². The SMILES string of the molecule is Cc1c(C(C)(C)CCN)sc2ccccc12. The van der Waals surface area contributed by atoms with Gasteiger partial charge >= 0.3 is 0 Å². The van der Waals surface area contributed by atoms with Crippen LogP contribution in [-0.2, 0) is 5.41 Å². The van der Waals surface area contributed by atoms with Crippen molar-refractivity contribution >= 4 is 21.4 Å². The Labute approximate surface area is 101 Å². The highest BCUT2D eigenvalue weighted by molar-refractivity contribution is 7.19. The fourth-order valence-electron chi connectivity index (χ4n) is 2.29. The topological polar surface area (TPSA) is 26.0 Å². The molecule has 0 aliphatic rings. The van der Waals surface area contributed by atoms with Gasteiger partial charge in [0.1, 0.15) is 0 Å². The Hall–Kier alpha value is -0.860. The van der Waals surface area contributed by atoms with Crippen LogP contribution in [0, 0.1) is 6.92 Å². The normalized spacial score (nSPS) is 12.2. The molecule has 2 rings (SSSR count). The number of nitrogens with two attached hydrogens (primary N) is 1. The van der Waals surface area contributed by atoms with E-state index in [1.807, 2.05) is 11.3 Å². The van der Waals surface area contributed by atoms with Gasteiger partial charge in [0.15, 0.2) is 0 Å². The van der Waals surface area contributed by atoms with Crippen molar-refractivity contribution < 1.29 is 0 Å². The van der Waals surface area contributed by atoms with Crippen LogP contribution in [0.25, 0.3) is 10.1 Å². The third-order valence-electron chi connectivity index (χ3n) is 3.23. The molecule has 0 saturated heterocycles. The molecule has 1 aromatic carbocycles. The van der Waals surface area contributed by atoms with Crippen LogP contribution in [0.4, 0.5) is 0 Å². The van der Waals surface area contributed by atoms with E-state index in [0.29, 0.717) is 0 Å². The average Bonchev–Trinajstić information content (AvgIpc) is 2.58. The van der Waals surface area contributed by atoms with Crippen molar-refractivity contribution in [3.05, 3.63) is 34.7 Å². The molecule has 1 aromatic heterocycles. The second-order valence-electron chi connectivity index (χ2n) is 4.97. The molecule has 0 aliphatic carbocycles. The molecule has 0 radical (unpaired) electrons. The van der Waals surface area contributed by atoms with E-state index in [0.717, 1.165) is 13.0 Å². The Balaban J connectivity index is 2.57. The fraction of sp³-hybridized carbons (Fsp3) is 0.429. The second-order valence-corrected chi connectivity index (χ2v) is 6.03. The van der Waals surface area contributed by atoms with Gasteiger partial charge in [-0.2, -0.15) is 0 Å². The maximum absolute atomic E-state index is 5.70. The van der Waals surface area contributed by atoms with Crippen LogP contribution >= 0.6 is 11.3 Å². The lowest BCUT2D eigenvalue weighted by molar-refractivity contribution is 0.495. The Morgan fingerprint density at radius 1 is 1.25 bits per heavy atom. The van der Waals surface area contributed by atoms with E-state index in [-0.39, 0.29) is 5.41 Å². The van der Waals surface area contributed by atoms with Crippen LogP contribution in [0.1, 0.15) is 30.7 Å². The van der Waals surface area contributed by atoms with Gasteiger partial charge in [-0.3, -0.25) is 0 Å². The van der Waals surface area contributed by atoms with Crippen LogP contribution < -0.4 is 5.73 Å². The molecule has 2 N–H and O–H groups in total. The summed E-state index contributed by atoms with van der Waals surface area (Å²) >= 11 is 1.92. The molecule has 1 heterocycles. The smallest absolute Gasteiger partial charge is 0.0348 e. The monoisotopic (exact) mass is 233 g/mol. The number of hydrogen-bond acceptors (Lipinski definition) is 2. The zero-order valence-corrected chi connectivity index (χ0v) is 11.0. The number of fused-ring (bicyclic) bond motifs is 1. The van der Waals surface area contributed by atoms with Crippen LogP contribution in [0.3, 0.4) is 0 Å². The molecule has 2 aromatic rings. The van der Waals surface area contributed by atoms with E-state index in [9.17, 15) is 0 Å². The highest BCUT2D eigenvalue weighted by Gasteiger charge is 2.24. The molecule has 0 atom stereocenters. The maximum Gasteiger partial charge on any atom is 0.0348 e. The van der Waals surface area contributed by atoms with Gasteiger partial charge in [0.2, 0.25) is 0 Å². The van der Waals surface area contributed by atoms with E-state index in [1.165, 1.54) is 20.5 Å². The molecule has 86 valence electrons. The van der Waals surface area contributed by atoms with Gasteiger partial charge in [-0.05, 0) is 36.9 Å². The highest BCUT2D eigenvalue weighted by Crippen LogP contribution is 2.39. The number of hydrogen-bond donors (Lipinski definition) is 1. The summed E-state index contributed by atoms with van der Waals surface area (Å²) in [6.45, 7) is 7.56. The number of aryl methyl sites for hydroxylation is 1. The van der Waals surface area contributed by atoms with Crippen molar-refractivity contribution in [1.82, 2.24) is 0 Å². The summed E-state index contributed by atoms with van der Waals surface area (Å²) in [5.74, 6) is 0. The van der Waals surface area contributed by atoms with Crippen LogP contribution in [0.5, 0.6) is 0 Å². The first-order chi connectivity index (χ1) is 7.56. The summed E-state index contributed by atoms with van der Waals surface area (Å²) in [7, 11) is 0. The van der Waals surface area contributed by atoms with Gasteiger partial charge < -0.3 is 5.73 Å². The Morgan fingerprint density at radius 2 is 1.94 bits per heavy atom. The third kappa shape index (κ3) is 1.87. The summed E-state index contributed by atoms with van der Waals surface area (Å²) in [6.07, 6.45) is 1.04. The maximum atomic E-state index is 5.70. The molecule has 0 bridgehead atoms. The van der Waals surface area contributed by atoms with Gasteiger partial charge in [-0.15, -0.1) is 11.3 Å². The first-order valence-electron chi connectivity index (χ1n) is 5.75. The van der Waals surface area contributed by atoms with Crippen molar-refractivity contribution in [3.8, 4) is 0 Å². The minimum atomic E-state index is 0.197. The lowest BCUT2D eigenvalue weighted by Crippen LogP contribution is -2.21.